The van der Waals surface area contributed by atoms with Crippen molar-refractivity contribution in [2.45, 2.75) is 25.8 Å². The Kier molecular flexibility index (Phi) is 4.93. The number of carbonyl (C=O) groups excluding carboxylic acids is 1. The second-order valence-electron chi connectivity index (χ2n) is 4.29. The van der Waals surface area contributed by atoms with Gasteiger partial charge in [-0.15, -0.1) is 11.3 Å². The molecule has 0 saturated heterocycles. The standard InChI is InChI=1S/C14H15ClN2OS/c1-10(12-5-6-13(15)19-12)17-14(18)7-4-11-3-2-8-16-9-11/h2-3,5-6,8-10H,4,7H2,1H3,(H,17,18)/t10-/m0/s1. The van der Waals surface area contributed by atoms with Crippen LogP contribution in [0.25, 0.3) is 0 Å². The molecule has 1 N–H and O–H groups in total. The minimum atomic E-state index is -0.00102. The van der Waals surface area contributed by atoms with E-state index in [1.807, 2.05) is 31.2 Å². The molecule has 0 unspecified atom stereocenters. The fraction of sp³-hybridized carbons (Fsp3) is 0.286. The van der Waals surface area contributed by atoms with Gasteiger partial charge in [0.15, 0.2) is 0 Å². The SMILES string of the molecule is C[C@H](NC(=O)CCc1cccnc1)c1ccc(Cl)s1. The molecule has 0 fully saturated rings. The maximum atomic E-state index is 11.8. The molecule has 2 rings (SSSR count). The minimum absolute atomic E-state index is 0.00102. The highest BCUT2D eigenvalue weighted by Crippen LogP contribution is 2.26. The van der Waals surface area contributed by atoms with Crippen molar-refractivity contribution >= 4 is 28.8 Å². The number of halogens is 1. The summed E-state index contributed by atoms with van der Waals surface area (Å²) in [6.07, 6.45) is 4.69. The molecule has 1 amide bonds. The molecule has 0 spiro atoms. The van der Waals surface area contributed by atoms with Crippen molar-refractivity contribution in [2.75, 3.05) is 0 Å². The first-order valence-electron chi connectivity index (χ1n) is 6.08. The molecule has 2 aromatic rings. The lowest BCUT2D eigenvalue weighted by Crippen LogP contribution is -2.26. The average molecular weight is 295 g/mol. The van der Waals surface area contributed by atoms with Crippen LogP contribution in [0.15, 0.2) is 36.7 Å². The lowest BCUT2D eigenvalue weighted by atomic mass is 10.1. The van der Waals surface area contributed by atoms with Crippen LogP contribution in [-0.2, 0) is 11.2 Å². The van der Waals surface area contributed by atoms with Crippen LogP contribution in [0.3, 0.4) is 0 Å². The molecule has 0 aliphatic rings. The summed E-state index contributed by atoms with van der Waals surface area (Å²) in [6.45, 7) is 1.96. The van der Waals surface area contributed by atoms with E-state index in [0.717, 1.165) is 14.8 Å². The molecule has 5 heteroatoms. The van der Waals surface area contributed by atoms with Crippen molar-refractivity contribution in [3.8, 4) is 0 Å². The number of amides is 1. The van der Waals surface area contributed by atoms with Gasteiger partial charge in [0, 0.05) is 23.7 Å². The number of nitrogens with zero attached hydrogens (tertiary/aromatic N) is 1. The Bertz CT molecular complexity index is 541. The molecular formula is C14H15ClN2OS. The van der Waals surface area contributed by atoms with Crippen molar-refractivity contribution in [1.29, 1.82) is 0 Å². The van der Waals surface area contributed by atoms with Gasteiger partial charge < -0.3 is 5.32 Å². The van der Waals surface area contributed by atoms with E-state index in [1.165, 1.54) is 11.3 Å². The van der Waals surface area contributed by atoms with Gasteiger partial charge in [-0.05, 0) is 37.1 Å². The van der Waals surface area contributed by atoms with Crippen LogP contribution in [0.1, 0.15) is 29.8 Å². The summed E-state index contributed by atoms with van der Waals surface area (Å²) >= 11 is 7.37. The quantitative estimate of drug-likeness (QED) is 0.915. The van der Waals surface area contributed by atoms with Crippen molar-refractivity contribution in [3.63, 3.8) is 0 Å². The van der Waals surface area contributed by atoms with E-state index in [4.69, 9.17) is 11.6 Å². The second-order valence-corrected chi connectivity index (χ2v) is 6.04. The molecule has 3 nitrogen and oxygen atoms in total. The fourth-order valence-corrected chi connectivity index (χ4v) is 2.81. The molecule has 0 bridgehead atoms. The third kappa shape index (κ3) is 4.33. The molecule has 100 valence electrons. The number of aromatic nitrogens is 1. The van der Waals surface area contributed by atoms with E-state index >= 15 is 0 Å². The van der Waals surface area contributed by atoms with E-state index in [9.17, 15) is 4.79 Å². The molecule has 2 aromatic heterocycles. The number of hydrogen-bond donors (Lipinski definition) is 1. The Balaban J connectivity index is 1.81. The van der Waals surface area contributed by atoms with E-state index in [1.54, 1.807) is 12.4 Å². The number of rotatable bonds is 5. The monoisotopic (exact) mass is 294 g/mol. The number of thiophene rings is 1. The lowest BCUT2D eigenvalue weighted by molar-refractivity contribution is -0.121. The first-order chi connectivity index (χ1) is 9.15. The van der Waals surface area contributed by atoms with Gasteiger partial charge in [-0.3, -0.25) is 9.78 Å². The molecular weight excluding hydrogens is 280 g/mol. The smallest absolute Gasteiger partial charge is 0.220 e. The zero-order chi connectivity index (χ0) is 13.7. The van der Waals surface area contributed by atoms with Crippen LogP contribution in [0.4, 0.5) is 0 Å². The molecule has 0 aliphatic carbocycles. The van der Waals surface area contributed by atoms with Gasteiger partial charge in [0.1, 0.15) is 0 Å². The number of carbonyl (C=O) groups is 1. The summed E-state index contributed by atoms with van der Waals surface area (Å²) in [7, 11) is 0. The lowest BCUT2D eigenvalue weighted by Gasteiger charge is -2.12. The van der Waals surface area contributed by atoms with Crippen LogP contribution < -0.4 is 5.32 Å². The topological polar surface area (TPSA) is 42.0 Å². The van der Waals surface area contributed by atoms with E-state index < -0.39 is 0 Å². The molecule has 19 heavy (non-hydrogen) atoms. The van der Waals surface area contributed by atoms with Crippen molar-refractivity contribution in [1.82, 2.24) is 10.3 Å². The van der Waals surface area contributed by atoms with Crippen molar-refractivity contribution in [2.24, 2.45) is 0 Å². The Morgan fingerprint density at radius 2 is 2.32 bits per heavy atom. The van der Waals surface area contributed by atoms with Crippen LogP contribution in [0.2, 0.25) is 4.34 Å². The first kappa shape index (κ1) is 14.0. The zero-order valence-electron chi connectivity index (χ0n) is 10.6. The average Bonchev–Trinajstić information content (AvgIpc) is 2.84. The van der Waals surface area contributed by atoms with Gasteiger partial charge in [-0.25, -0.2) is 0 Å². The van der Waals surface area contributed by atoms with Gasteiger partial charge >= 0.3 is 0 Å². The van der Waals surface area contributed by atoms with E-state index in [0.29, 0.717) is 12.8 Å². The highest BCUT2D eigenvalue weighted by molar-refractivity contribution is 7.16. The predicted molar refractivity (Wildman–Crippen MR) is 78.4 cm³/mol. The van der Waals surface area contributed by atoms with Crippen LogP contribution >= 0.6 is 22.9 Å². The number of nitrogens with one attached hydrogen (secondary N) is 1. The summed E-state index contributed by atoms with van der Waals surface area (Å²) in [5.74, 6) is 0.0425. The Hall–Kier alpha value is -1.39. The highest BCUT2D eigenvalue weighted by atomic mass is 35.5. The summed E-state index contributed by atoms with van der Waals surface area (Å²) in [6, 6.07) is 7.64. The normalized spacial score (nSPS) is 12.1. The largest absolute Gasteiger partial charge is 0.349 e. The van der Waals surface area contributed by atoms with Crippen molar-refractivity contribution < 1.29 is 4.79 Å². The molecule has 0 radical (unpaired) electrons. The van der Waals surface area contributed by atoms with Gasteiger partial charge in [0.2, 0.25) is 5.91 Å². The third-order valence-electron chi connectivity index (χ3n) is 2.76. The van der Waals surface area contributed by atoms with E-state index in [-0.39, 0.29) is 11.9 Å². The number of pyridine rings is 1. The maximum absolute atomic E-state index is 11.8. The van der Waals surface area contributed by atoms with Crippen LogP contribution in [0, 0.1) is 0 Å². The second kappa shape index (κ2) is 6.68. The van der Waals surface area contributed by atoms with Crippen LogP contribution in [0.5, 0.6) is 0 Å². The van der Waals surface area contributed by atoms with E-state index in [2.05, 4.69) is 10.3 Å². The predicted octanol–water partition coefficient (Wildman–Crippen LogP) is 3.61. The van der Waals surface area contributed by atoms with Gasteiger partial charge in [0.25, 0.3) is 0 Å². The highest BCUT2D eigenvalue weighted by Gasteiger charge is 2.11. The minimum Gasteiger partial charge on any atom is -0.349 e. The van der Waals surface area contributed by atoms with Gasteiger partial charge in [-0.2, -0.15) is 0 Å². The summed E-state index contributed by atoms with van der Waals surface area (Å²) in [5, 5.41) is 2.97. The fourth-order valence-electron chi connectivity index (χ4n) is 1.75. The number of hydrogen-bond acceptors (Lipinski definition) is 3. The Morgan fingerprint density at radius 1 is 1.47 bits per heavy atom. The molecule has 0 aliphatic heterocycles. The number of aryl methyl sites for hydroxylation is 1. The van der Waals surface area contributed by atoms with Gasteiger partial charge in [0.05, 0.1) is 10.4 Å². The summed E-state index contributed by atoms with van der Waals surface area (Å²) in [4.78, 5) is 16.9. The summed E-state index contributed by atoms with van der Waals surface area (Å²) in [5.41, 5.74) is 1.07. The van der Waals surface area contributed by atoms with Crippen LogP contribution in [-0.4, -0.2) is 10.9 Å². The van der Waals surface area contributed by atoms with Crippen molar-refractivity contribution in [3.05, 3.63) is 51.4 Å². The zero-order valence-corrected chi connectivity index (χ0v) is 12.2. The van der Waals surface area contributed by atoms with Gasteiger partial charge in [-0.1, -0.05) is 17.7 Å². The maximum Gasteiger partial charge on any atom is 0.220 e. The molecule has 2 heterocycles. The molecule has 0 aromatic carbocycles. The third-order valence-corrected chi connectivity index (χ3v) is 4.18. The molecule has 0 saturated carbocycles. The Labute approximate surface area is 121 Å². The summed E-state index contributed by atoms with van der Waals surface area (Å²) < 4.78 is 0.742. The molecule has 1 atom stereocenters. The first-order valence-corrected chi connectivity index (χ1v) is 7.28. The Morgan fingerprint density at radius 3 is 2.95 bits per heavy atom.